The van der Waals surface area contributed by atoms with Gasteiger partial charge in [0, 0.05) is 30.1 Å². The van der Waals surface area contributed by atoms with E-state index in [0.29, 0.717) is 35.2 Å². The number of thiophene rings is 1. The van der Waals surface area contributed by atoms with E-state index in [1.165, 1.54) is 46.5 Å². The second-order valence-electron chi connectivity index (χ2n) is 11.8. The number of sulfonamides is 1. The highest BCUT2D eigenvalue weighted by Crippen LogP contribution is 2.47. The number of aryl methyl sites for hydroxylation is 1. The summed E-state index contributed by atoms with van der Waals surface area (Å²) in [5.74, 6) is 1.27. The Kier molecular flexibility index (Phi) is 10.3. The van der Waals surface area contributed by atoms with Crippen molar-refractivity contribution in [3.05, 3.63) is 74.6 Å². The number of hydrogen-bond donors (Lipinski definition) is 1. The highest BCUT2D eigenvalue weighted by molar-refractivity contribution is 7.93. The first-order chi connectivity index (χ1) is 20.6. The topological polar surface area (TPSA) is 79.0 Å². The van der Waals surface area contributed by atoms with Crippen molar-refractivity contribution in [2.75, 3.05) is 32.0 Å². The van der Waals surface area contributed by atoms with Crippen molar-refractivity contribution in [3.63, 3.8) is 0 Å². The smallest absolute Gasteiger partial charge is 0.407 e. The van der Waals surface area contributed by atoms with Gasteiger partial charge in [0.1, 0.15) is 5.00 Å². The predicted molar refractivity (Wildman–Crippen MR) is 175 cm³/mol. The number of ether oxygens (including phenoxy) is 1. The fourth-order valence-corrected chi connectivity index (χ4v) is 9.52. The summed E-state index contributed by atoms with van der Waals surface area (Å²) in [6.45, 7) is 0.530. The van der Waals surface area contributed by atoms with E-state index in [1.54, 1.807) is 0 Å². The molecule has 0 spiro atoms. The molecule has 1 heterocycles. The summed E-state index contributed by atoms with van der Waals surface area (Å²) in [4.78, 5) is 16.5. The minimum atomic E-state index is -3.97. The minimum absolute atomic E-state index is 0.0190. The van der Waals surface area contributed by atoms with Crippen LogP contribution in [0.3, 0.4) is 0 Å². The maximum atomic E-state index is 13.6. The van der Waals surface area contributed by atoms with Crippen molar-refractivity contribution in [1.82, 2.24) is 10.2 Å². The molecular weight excluding hydrogens is 625 g/mol. The van der Waals surface area contributed by atoms with Crippen LogP contribution in [0, 0.1) is 11.8 Å². The van der Waals surface area contributed by atoms with Crippen LogP contribution in [0.15, 0.2) is 53.4 Å². The molecule has 7 nitrogen and oxygen atoms in total. The molecule has 0 radical (unpaired) electrons. The molecule has 43 heavy (non-hydrogen) atoms. The van der Waals surface area contributed by atoms with Crippen LogP contribution >= 0.6 is 34.5 Å². The third kappa shape index (κ3) is 7.17. The van der Waals surface area contributed by atoms with Gasteiger partial charge in [-0.1, -0.05) is 53.5 Å². The number of halogens is 2. The first-order valence-electron chi connectivity index (χ1n) is 14.8. The molecule has 1 aromatic heterocycles. The molecule has 1 atom stereocenters. The Labute approximate surface area is 269 Å². The highest BCUT2D eigenvalue weighted by atomic mass is 35.5. The summed E-state index contributed by atoms with van der Waals surface area (Å²) in [6, 6.07) is 15.3. The van der Waals surface area contributed by atoms with Crippen LogP contribution in [-0.2, 0) is 22.9 Å². The van der Waals surface area contributed by atoms with Gasteiger partial charge in [-0.25, -0.2) is 13.2 Å². The van der Waals surface area contributed by atoms with Crippen LogP contribution < -0.4 is 14.4 Å². The lowest BCUT2D eigenvalue weighted by atomic mass is 9.76. The Morgan fingerprint density at radius 1 is 1.00 bits per heavy atom. The van der Waals surface area contributed by atoms with Gasteiger partial charge in [0.05, 0.1) is 14.9 Å². The lowest BCUT2D eigenvalue weighted by Crippen LogP contribution is -2.36. The molecule has 5 rings (SSSR count). The summed E-state index contributed by atoms with van der Waals surface area (Å²) in [7, 11) is 1.80. The molecule has 1 fully saturated rings. The van der Waals surface area contributed by atoms with Gasteiger partial charge in [0.15, 0.2) is 5.75 Å². The van der Waals surface area contributed by atoms with Crippen molar-refractivity contribution in [2.45, 2.75) is 62.3 Å². The standard InChI is InChI=1S/C32H39Cl2N3O4S2/c1-36(2)29(22-9-5-4-6-10-22)23-15-13-21(14-16-23)20-35-32(38)41-30-25-11-7-8-12-28(25)42-31(30)37(3)43(39,40)24-17-18-26(33)27(34)19-24/h4-6,9-10,17-19,21,23,29H,7-8,11-16,20H2,1-3H3,(H,35,38). The van der Waals surface area contributed by atoms with E-state index in [4.69, 9.17) is 27.9 Å². The molecule has 2 aliphatic rings. The second-order valence-corrected chi connectivity index (χ2v) is 15.6. The van der Waals surface area contributed by atoms with E-state index in [0.717, 1.165) is 61.8 Å². The first kappa shape index (κ1) is 32.1. The quantitative estimate of drug-likeness (QED) is 0.251. The number of nitrogens with one attached hydrogen (secondary N) is 1. The molecule has 1 saturated carbocycles. The Morgan fingerprint density at radius 3 is 2.37 bits per heavy atom. The van der Waals surface area contributed by atoms with E-state index < -0.39 is 16.1 Å². The van der Waals surface area contributed by atoms with E-state index in [9.17, 15) is 13.2 Å². The zero-order chi connectivity index (χ0) is 30.7. The van der Waals surface area contributed by atoms with Gasteiger partial charge in [-0.15, -0.1) is 11.3 Å². The lowest BCUT2D eigenvalue weighted by molar-refractivity contribution is 0.146. The monoisotopic (exact) mass is 663 g/mol. The third-order valence-corrected chi connectivity index (χ3v) is 12.7. The minimum Gasteiger partial charge on any atom is -0.407 e. The highest BCUT2D eigenvalue weighted by Gasteiger charge is 2.33. The molecule has 3 aromatic rings. The van der Waals surface area contributed by atoms with Crippen LogP contribution in [0.1, 0.15) is 60.6 Å². The number of carbonyl (C=O) groups excluding carboxylic acids is 1. The largest absolute Gasteiger partial charge is 0.412 e. The summed E-state index contributed by atoms with van der Waals surface area (Å²) < 4.78 is 34.2. The third-order valence-electron chi connectivity index (χ3n) is 8.71. The van der Waals surface area contributed by atoms with Gasteiger partial charge in [-0.2, -0.15) is 0 Å². The van der Waals surface area contributed by atoms with Gasteiger partial charge < -0.3 is 15.0 Å². The predicted octanol–water partition coefficient (Wildman–Crippen LogP) is 7.96. The van der Waals surface area contributed by atoms with Crippen molar-refractivity contribution < 1.29 is 17.9 Å². The fourth-order valence-electron chi connectivity index (χ4n) is 6.45. The molecule has 11 heteroatoms. The molecule has 1 amide bonds. The average Bonchev–Trinajstić information content (AvgIpc) is 3.36. The molecule has 232 valence electrons. The van der Waals surface area contributed by atoms with Gasteiger partial charge in [-0.05, 0) is 101 Å². The summed E-state index contributed by atoms with van der Waals surface area (Å²) >= 11 is 13.5. The van der Waals surface area contributed by atoms with Crippen molar-refractivity contribution in [2.24, 2.45) is 11.8 Å². The summed E-state index contributed by atoms with van der Waals surface area (Å²) in [5, 5.41) is 3.80. The second kappa shape index (κ2) is 13.8. The van der Waals surface area contributed by atoms with E-state index in [-0.39, 0.29) is 14.9 Å². The van der Waals surface area contributed by atoms with Crippen LogP contribution in [0.2, 0.25) is 10.0 Å². The summed E-state index contributed by atoms with van der Waals surface area (Å²) in [6.07, 6.45) is 7.26. The van der Waals surface area contributed by atoms with Gasteiger partial charge >= 0.3 is 6.09 Å². The van der Waals surface area contributed by atoms with Gasteiger partial charge in [0.2, 0.25) is 0 Å². The number of carbonyl (C=O) groups is 1. The van der Waals surface area contributed by atoms with Gasteiger partial charge in [-0.3, -0.25) is 4.31 Å². The molecule has 2 aliphatic carbocycles. The van der Waals surface area contributed by atoms with Crippen LogP contribution in [0.25, 0.3) is 0 Å². The molecule has 0 aliphatic heterocycles. The zero-order valence-electron chi connectivity index (χ0n) is 24.8. The number of anilines is 1. The Morgan fingerprint density at radius 2 is 1.70 bits per heavy atom. The number of amides is 1. The van der Waals surface area contributed by atoms with Crippen LogP contribution in [0.5, 0.6) is 5.75 Å². The Bertz CT molecular complexity index is 1540. The van der Waals surface area contributed by atoms with E-state index in [1.807, 2.05) is 0 Å². The van der Waals surface area contributed by atoms with E-state index in [2.05, 4.69) is 54.6 Å². The summed E-state index contributed by atoms with van der Waals surface area (Å²) in [5.41, 5.74) is 2.27. The normalized spacial score (nSPS) is 19.5. The van der Waals surface area contributed by atoms with Crippen molar-refractivity contribution in [3.8, 4) is 5.75 Å². The number of rotatable bonds is 9. The van der Waals surface area contributed by atoms with Gasteiger partial charge in [0.25, 0.3) is 10.0 Å². The maximum Gasteiger partial charge on any atom is 0.412 e. The lowest BCUT2D eigenvalue weighted by Gasteiger charge is -2.37. The SMILES string of the molecule is CN(C)C(c1ccccc1)C1CCC(CNC(=O)Oc2c(N(C)S(=O)(=O)c3ccc(Cl)c(Cl)c3)sc3c2CCCC3)CC1. The fraction of sp³-hybridized carbons (Fsp3) is 0.469. The molecule has 1 unspecified atom stereocenters. The maximum absolute atomic E-state index is 13.6. The number of nitrogens with zero attached hydrogens (tertiary/aromatic N) is 2. The molecule has 0 bridgehead atoms. The average molecular weight is 665 g/mol. The van der Waals surface area contributed by atoms with E-state index >= 15 is 0 Å². The van der Waals surface area contributed by atoms with Crippen molar-refractivity contribution in [1.29, 1.82) is 0 Å². The number of benzene rings is 2. The Balaban J connectivity index is 1.24. The van der Waals surface area contributed by atoms with Crippen molar-refractivity contribution >= 4 is 55.7 Å². The van der Waals surface area contributed by atoms with Crippen LogP contribution in [0.4, 0.5) is 9.80 Å². The molecule has 2 aromatic carbocycles. The first-order valence-corrected chi connectivity index (χ1v) is 17.8. The van der Waals surface area contributed by atoms with Crippen LogP contribution in [-0.4, -0.2) is 47.1 Å². The Hall–Kier alpha value is -2.30. The molecule has 1 N–H and O–H groups in total. The zero-order valence-corrected chi connectivity index (χ0v) is 28.0. The number of fused-ring (bicyclic) bond motifs is 1. The number of hydrogen-bond acceptors (Lipinski definition) is 6. The molecular formula is C32H39Cl2N3O4S2. The molecule has 0 saturated heterocycles.